The van der Waals surface area contributed by atoms with E-state index in [9.17, 15) is 13.2 Å². The topological polar surface area (TPSA) is 81.0 Å². The lowest BCUT2D eigenvalue weighted by Gasteiger charge is -2.21. The SMILES string of the molecule is N#CN=C(CC(F)(F)F)N1CC[C@@H](c2cc[nH]c3cnc4nccc4c23)C1. The van der Waals surface area contributed by atoms with Crippen LogP contribution in [0.2, 0.25) is 0 Å². The van der Waals surface area contributed by atoms with Gasteiger partial charge in [-0.05, 0) is 24.1 Å². The standard InChI is InChI=1S/C18H15F3N6/c19-18(20,21)7-15(26-10-22)27-6-3-11(9-27)12-1-4-23-14-8-25-17-13(16(12)14)2-5-24-17/h1-2,4-5,8,11,23H,3,6-7,9H2/t11-/m1/s1. The number of alkyl halides is 3. The molecule has 4 rings (SSSR count). The van der Waals surface area contributed by atoms with Crippen LogP contribution in [-0.2, 0) is 0 Å². The zero-order valence-corrected chi connectivity index (χ0v) is 14.2. The van der Waals surface area contributed by atoms with Crippen LogP contribution in [0, 0.1) is 11.5 Å². The first-order valence-corrected chi connectivity index (χ1v) is 8.44. The first-order valence-electron chi connectivity index (χ1n) is 8.44. The molecule has 1 N–H and O–H groups in total. The smallest absolute Gasteiger partial charge is 0.360 e. The average Bonchev–Trinajstić information content (AvgIpc) is 3.29. The van der Waals surface area contributed by atoms with Gasteiger partial charge in [0.1, 0.15) is 12.3 Å². The molecule has 0 aromatic carbocycles. The normalized spacial score (nSPS) is 18.4. The predicted octanol–water partition coefficient (Wildman–Crippen LogP) is 3.73. The molecule has 0 aliphatic carbocycles. The lowest BCUT2D eigenvalue weighted by molar-refractivity contribution is -0.122. The maximum atomic E-state index is 12.8. The molecule has 0 saturated carbocycles. The summed E-state index contributed by atoms with van der Waals surface area (Å²) in [6.45, 7) is 0.808. The zero-order chi connectivity index (χ0) is 19.0. The molecular formula is C18H15F3N6. The lowest BCUT2D eigenvalue weighted by Crippen LogP contribution is -2.32. The maximum Gasteiger partial charge on any atom is 0.396 e. The molecule has 0 spiro atoms. The Bertz CT molecular complexity index is 1060. The quantitative estimate of drug-likeness (QED) is 0.422. The molecule has 9 heteroatoms. The number of fused-ring (bicyclic) bond motifs is 3. The number of nitrogens with zero attached hydrogens (tertiary/aromatic N) is 5. The van der Waals surface area contributed by atoms with E-state index in [2.05, 4.69) is 19.9 Å². The first kappa shape index (κ1) is 17.3. The van der Waals surface area contributed by atoms with E-state index < -0.39 is 12.6 Å². The van der Waals surface area contributed by atoms with Gasteiger partial charge in [0.05, 0.1) is 11.7 Å². The summed E-state index contributed by atoms with van der Waals surface area (Å²) in [5.41, 5.74) is 2.53. The Balaban J connectivity index is 1.69. The molecule has 0 amide bonds. The predicted molar refractivity (Wildman–Crippen MR) is 94.0 cm³/mol. The molecule has 138 valence electrons. The van der Waals surface area contributed by atoms with Gasteiger partial charge in [0.15, 0.2) is 5.65 Å². The summed E-state index contributed by atoms with van der Waals surface area (Å²) in [6, 6.07) is 3.84. The van der Waals surface area contributed by atoms with Crippen molar-refractivity contribution in [2.75, 3.05) is 13.1 Å². The van der Waals surface area contributed by atoms with E-state index >= 15 is 0 Å². The van der Waals surface area contributed by atoms with Crippen LogP contribution in [0.4, 0.5) is 13.2 Å². The number of nitrogens with one attached hydrogen (secondary N) is 1. The molecule has 1 aliphatic heterocycles. The number of hydrogen-bond donors (Lipinski definition) is 1. The molecule has 0 unspecified atom stereocenters. The van der Waals surface area contributed by atoms with Gasteiger partial charge in [0.2, 0.25) is 6.19 Å². The molecule has 27 heavy (non-hydrogen) atoms. The monoisotopic (exact) mass is 372 g/mol. The molecule has 1 saturated heterocycles. The minimum Gasteiger partial charge on any atom is -0.360 e. The van der Waals surface area contributed by atoms with Crippen molar-refractivity contribution in [2.45, 2.75) is 24.9 Å². The summed E-state index contributed by atoms with van der Waals surface area (Å²) < 4.78 is 38.4. The molecule has 0 bridgehead atoms. The third kappa shape index (κ3) is 3.30. The van der Waals surface area contributed by atoms with Gasteiger partial charge in [-0.25, -0.2) is 9.97 Å². The Hall–Kier alpha value is -3.15. The summed E-state index contributed by atoms with van der Waals surface area (Å²) >= 11 is 0. The second-order valence-corrected chi connectivity index (χ2v) is 6.51. The van der Waals surface area contributed by atoms with Crippen LogP contribution in [0.3, 0.4) is 0 Å². The maximum absolute atomic E-state index is 12.8. The third-order valence-electron chi connectivity index (χ3n) is 4.85. The Morgan fingerprint density at radius 3 is 3.00 bits per heavy atom. The van der Waals surface area contributed by atoms with E-state index in [1.54, 1.807) is 17.3 Å². The molecule has 6 nitrogen and oxygen atoms in total. The lowest BCUT2D eigenvalue weighted by atomic mass is 9.94. The number of H-pyrrole nitrogens is 1. The van der Waals surface area contributed by atoms with E-state index in [1.165, 1.54) is 6.19 Å². The average molecular weight is 372 g/mol. The summed E-state index contributed by atoms with van der Waals surface area (Å²) in [5.74, 6) is -0.194. The molecule has 4 heterocycles. The van der Waals surface area contributed by atoms with Crippen molar-refractivity contribution in [3.05, 3.63) is 36.3 Å². The van der Waals surface area contributed by atoms with Crippen LogP contribution in [0.1, 0.15) is 24.3 Å². The number of aromatic amines is 1. The van der Waals surface area contributed by atoms with Gasteiger partial charge in [0, 0.05) is 42.2 Å². The molecule has 1 atom stereocenters. The van der Waals surface area contributed by atoms with Crippen LogP contribution >= 0.6 is 0 Å². The zero-order valence-electron chi connectivity index (χ0n) is 14.2. The van der Waals surface area contributed by atoms with Crippen LogP contribution < -0.4 is 0 Å². The van der Waals surface area contributed by atoms with Gasteiger partial charge >= 0.3 is 6.18 Å². The number of pyridine rings is 2. The molecular weight excluding hydrogens is 357 g/mol. The highest BCUT2D eigenvalue weighted by molar-refractivity contribution is 6.05. The molecule has 1 aliphatic rings. The molecule has 1 fully saturated rings. The largest absolute Gasteiger partial charge is 0.396 e. The van der Waals surface area contributed by atoms with Gasteiger partial charge < -0.3 is 9.88 Å². The highest BCUT2D eigenvalue weighted by Crippen LogP contribution is 2.35. The highest BCUT2D eigenvalue weighted by atomic mass is 19.4. The van der Waals surface area contributed by atoms with Gasteiger partial charge in [-0.1, -0.05) is 0 Å². The number of amidine groups is 1. The van der Waals surface area contributed by atoms with Crippen molar-refractivity contribution in [3.63, 3.8) is 0 Å². The molecule has 3 aromatic rings. The van der Waals surface area contributed by atoms with E-state index in [0.29, 0.717) is 25.2 Å². The second kappa shape index (κ2) is 6.54. The second-order valence-electron chi connectivity index (χ2n) is 6.51. The summed E-state index contributed by atoms with van der Waals surface area (Å²) in [4.78, 5) is 16.7. The highest BCUT2D eigenvalue weighted by Gasteiger charge is 2.35. The van der Waals surface area contributed by atoms with E-state index in [0.717, 1.165) is 21.9 Å². The van der Waals surface area contributed by atoms with Crippen molar-refractivity contribution in [1.82, 2.24) is 19.9 Å². The number of aliphatic imine (C=N–C) groups is 1. The van der Waals surface area contributed by atoms with Crippen molar-refractivity contribution < 1.29 is 13.2 Å². The van der Waals surface area contributed by atoms with Crippen LogP contribution in [0.25, 0.3) is 21.9 Å². The number of nitriles is 1. The van der Waals surface area contributed by atoms with Gasteiger partial charge in [-0.15, -0.1) is 0 Å². The first-order chi connectivity index (χ1) is 13.0. The van der Waals surface area contributed by atoms with Gasteiger partial charge in [-0.2, -0.15) is 23.4 Å². The van der Waals surface area contributed by atoms with Gasteiger partial charge in [-0.3, -0.25) is 0 Å². The summed E-state index contributed by atoms with van der Waals surface area (Å²) in [6.07, 6.45) is 1.79. The molecule has 0 radical (unpaired) electrons. The van der Waals surface area contributed by atoms with Crippen molar-refractivity contribution >= 4 is 27.8 Å². The fourth-order valence-corrected chi connectivity index (χ4v) is 3.73. The van der Waals surface area contributed by atoms with E-state index in [4.69, 9.17) is 5.26 Å². The number of rotatable bonds is 2. The Labute approximate surface area is 152 Å². The third-order valence-corrected chi connectivity index (χ3v) is 4.85. The number of hydrogen-bond acceptors (Lipinski definition) is 4. The fraction of sp³-hybridized carbons (Fsp3) is 0.333. The van der Waals surface area contributed by atoms with Crippen LogP contribution in [0.15, 0.2) is 35.7 Å². The van der Waals surface area contributed by atoms with Crippen LogP contribution in [0.5, 0.6) is 0 Å². The van der Waals surface area contributed by atoms with E-state index in [-0.39, 0.29) is 11.8 Å². The van der Waals surface area contributed by atoms with Crippen molar-refractivity contribution in [2.24, 2.45) is 4.99 Å². The molecule has 3 aromatic heterocycles. The number of halogens is 3. The number of likely N-dealkylation sites (tertiary alicyclic amines) is 1. The van der Waals surface area contributed by atoms with Crippen molar-refractivity contribution in [3.8, 4) is 6.19 Å². The Kier molecular flexibility index (Phi) is 4.18. The number of aromatic nitrogens is 3. The summed E-state index contributed by atoms with van der Waals surface area (Å²) in [5, 5.41) is 10.7. The Morgan fingerprint density at radius 1 is 1.37 bits per heavy atom. The van der Waals surface area contributed by atoms with E-state index in [1.807, 2.05) is 18.3 Å². The van der Waals surface area contributed by atoms with Gasteiger partial charge in [0.25, 0.3) is 0 Å². The summed E-state index contributed by atoms with van der Waals surface area (Å²) in [7, 11) is 0. The van der Waals surface area contributed by atoms with Crippen LogP contribution in [-0.4, -0.2) is 45.0 Å². The minimum absolute atomic E-state index is 0.0275. The minimum atomic E-state index is -4.40. The fourth-order valence-electron chi connectivity index (χ4n) is 3.73. The Morgan fingerprint density at radius 2 is 2.22 bits per heavy atom. The van der Waals surface area contributed by atoms with Crippen molar-refractivity contribution in [1.29, 1.82) is 5.26 Å².